The molecule has 3 amide bonds. The van der Waals surface area contributed by atoms with Gasteiger partial charge in [0, 0.05) is 40.0 Å². The predicted molar refractivity (Wildman–Crippen MR) is 141 cm³/mol. The fourth-order valence-corrected chi connectivity index (χ4v) is 6.69. The third kappa shape index (κ3) is 3.04. The van der Waals surface area contributed by atoms with Crippen molar-refractivity contribution in [3.63, 3.8) is 0 Å². The van der Waals surface area contributed by atoms with E-state index in [1.807, 2.05) is 79.0 Å². The van der Waals surface area contributed by atoms with Crippen LogP contribution in [0, 0.1) is 11.8 Å². The Hall–Kier alpha value is -4.43. The standard InChI is InChI=1S/C30H26N4O4/c1-38-24-13-7-2-8-17(24)16-34-27(35)25-23(14-18-15-31-21-11-5-3-9-19(18)21)33-30(26(25)28(34)36)20-10-4-6-12-22(20)32-29(30)37/h2-13,15,23,25-26,31,33H,14,16H2,1H3,(H,32,37)/t23-,25+,26-,30-/m0/s1. The number of carbonyl (C=O) groups is 3. The molecule has 3 aliphatic heterocycles. The molecule has 0 radical (unpaired) electrons. The predicted octanol–water partition coefficient (Wildman–Crippen LogP) is 3.34. The highest BCUT2D eigenvalue weighted by Gasteiger charge is 2.70. The van der Waals surface area contributed by atoms with Crippen LogP contribution in [0.2, 0.25) is 0 Å². The number of aromatic amines is 1. The number of methoxy groups -OCH3 is 1. The first-order valence-electron chi connectivity index (χ1n) is 12.7. The van der Waals surface area contributed by atoms with Gasteiger partial charge in [-0.25, -0.2) is 0 Å². The van der Waals surface area contributed by atoms with Crippen molar-refractivity contribution in [2.75, 3.05) is 12.4 Å². The van der Waals surface area contributed by atoms with Gasteiger partial charge in [0.25, 0.3) is 0 Å². The Morgan fingerprint density at radius 2 is 1.66 bits per heavy atom. The summed E-state index contributed by atoms with van der Waals surface area (Å²) in [4.78, 5) is 46.5. The van der Waals surface area contributed by atoms with Crippen LogP contribution in [0.25, 0.3) is 10.9 Å². The van der Waals surface area contributed by atoms with Crippen molar-refractivity contribution >= 4 is 34.3 Å². The van der Waals surface area contributed by atoms with Crippen molar-refractivity contribution in [3.8, 4) is 5.75 Å². The molecule has 4 heterocycles. The van der Waals surface area contributed by atoms with Crippen molar-refractivity contribution in [1.82, 2.24) is 15.2 Å². The first-order valence-corrected chi connectivity index (χ1v) is 12.7. The minimum Gasteiger partial charge on any atom is -0.496 e. The van der Waals surface area contributed by atoms with Crippen LogP contribution < -0.4 is 15.4 Å². The number of aromatic nitrogens is 1. The van der Waals surface area contributed by atoms with E-state index < -0.39 is 23.4 Å². The largest absolute Gasteiger partial charge is 0.496 e. The summed E-state index contributed by atoms with van der Waals surface area (Å²) in [6.45, 7) is 0.0911. The third-order valence-corrected chi connectivity index (χ3v) is 8.35. The van der Waals surface area contributed by atoms with E-state index in [0.29, 0.717) is 23.4 Å². The molecule has 38 heavy (non-hydrogen) atoms. The molecule has 0 bridgehead atoms. The van der Waals surface area contributed by atoms with E-state index in [2.05, 4.69) is 15.6 Å². The molecule has 3 N–H and O–H groups in total. The minimum atomic E-state index is -1.32. The fraction of sp³-hybridized carbons (Fsp3) is 0.233. The molecule has 0 aliphatic carbocycles. The van der Waals surface area contributed by atoms with Gasteiger partial charge in [0.15, 0.2) is 0 Å². The molecular weight excluding hydrogens is 480 g/mol. The molecule has 1 aromatic heterocycles. The zero-order valence-electron chi connectivity index (χ0n) is 20.7. The average Bonchev–Trinajstić information content (AvgIpc) is 3.65. The number of likely N-dealkylation sites (tertiary alicyclic amines) is 1. The maximum absolute atomic E-state index is 14.1. The van der Waals surface area contributed by atoms with Crippen LogP contribution >= 0.6 is 0 Å². The number of nitrogens with zero attached hydrogens (tertiary/aromatic N) is 1. The molecule has 4 aromatic rings. The molecule has 4 atom stereocenters. The molecule has 190 valence electrons. The second-order valence-corrected chi connectivity index (χ2v) is 10.2. The summed E-state index contributed by atoms with van der Waals surface area (Å²) >= 11 is 0. The monoisotopic (exact) mass is 506 g/mol. The summed E-state index contributed by atoms with van der Waals surface area (Å²) in [6.07, 6.45) is 2.44. The molecule has 7 rings (SSSR count). The molecule has 8 heteroatoms. The van der Waals surface area contributed by atoms with E-state index in [1.165, 1.54) is 4.90 Å². The molecule has 2 saturated heterocycles. The molecule has 0 saturated carbocycles. The van der Waals surface area contributed by atoms with E-state index in [-0.39, 0.29) is 24.3 Å². The lowest BCUT2D eigenvalue weighted by Crippen LogP contribution is -2.53. The van der Waals surface area contributed by atoms with Gasteiger partial charge in [-0.05, 0) is 30.2 Å². The first-order chi connectivity index (χ1) is 18.5. The zero-order valence-corrected chi connectivity index (χ0v) is 20.7. The van der Waals surface area contributed by atoms with Crippen molar-refractivity contribution < 1.29 is 19.1 Å². The third-order valence-electron chi connectivity index (χ3n) is 8.35. The molecule has 8 nitrogen and oxygen atoms in total. The number of amides is 3. The second-order valence-electron chi connectivity index (χ2n) is 10.2. The highest BCUT2D eigenvalue weighted by molar-refractivity contribution is 6.15. The van der Waals surface area contributed by atoms with Gasteiger partial charge < -0.3 is 15.0 Å². The van der Waals surface area contributed by atoms with Crippen LogP contribution in [-0.4, -0.2) is 40.8 Å². The number of benzene rings is 3. The summed E-state index contributed by atoms with van der Waals surface area (Å²) in [5, 5.41) is 7.55. The lowest BCUT2D eigenvalue weighted by Gasteiger charge is -2.29. The van der Waals surface area contributed by atoms with Gasteiger partial charge in [-0.2, -0.15) is 0 Å². The van der Waals surface area contributed by atoms with E-state index in [9.17, 15) is 14.4 Å². The number of nitrogens with one attached hydrogen (secondary N) is 3. The van der Waals surface area contributed by atoms with Gasteiger partial charge in [0.05, 0.1) is 25.5 Å². The van der Waals surface area contributed by atoms with Gasteiger partial charge in [0.2, 0.25) is 17.7 Å². The maximum atomic E-state index is 14.1. The Bertz CT molecular complexity index is 1630. The molecular formula is C30H26N4O4. The van der Waals surface area contributed by atoms with E-state index in [0.717, 1.165) is 22.0 Å². The van der Waals surface area contributed by atoms with Crippen molar-refractivity contribution in [2.45, 2.75) is 24.5 Å². The highest BCUT2D eigenvalue weighted by Crippen LogP contribution is 2.53. The van der Waals surface area contributed by atoms with Crippen LogP contribution in [0.5, 0.6) is 5.75 Å². The Balaban J connectivity index is 1.33. The molecule has 1 spiro atoms. The molecule has 0 unspecified atom stereocenters. The van der Waals surface area contributed by atoms with Crippen LogP contribution in [0.3, 0.4) is 0 Å². The van der Waals surface area contributed by atoms with Crippen LogP contribution in [0.15, 0.2) is 79.0 Å². The quantitative estimate of drug-likeness (QED) is 0.360. The Morgan fingerprint density at radius 3 is 2.53 bits per heavy atom. The normalized spacial score (nSPS) is 25.8. The Kier molecular flexibility index (Phi) is 4.96. The van der Waals surface area contributed by atoms with Crippen molar-refractivity contribution in [3.05, 3.63) is 95.7 Å². The van der Waals surface area contributed by atoms with Gasteiger partial charge >= 0.3 is 0 Å². The smallest absolute Gasteiger partial charge is 0.250 e. The van der Waals surface area contributed by atoms with E-state index >= 15 is 0 Å². The highest BCUT2D eigenvalue weighted by atomic mass is 16.5. The van der Waals surface area contributed by atoms with Gasteiger partial charge in [-0.1, -0.05) is 54.6 Å². The van der Waals surface area contributed by atoms with Crippen LogP contribution in [-0.2, 0) is 32.9 Å². The lowest BCUT2D eigenvalue weighted by molar-refractivity contribution is -0.143. The van der Waals surface area contributed by atoms with Gasteiger partial charge in [-0.3, -0.25) is 24.6 Å². The van der Waals surface area contributed by atoms with Crippen LogP contribution in [0.4, 0.5) is 5.69 Å². The van der Waals surface area contributed by atoms with Crippen LogP contribution in [0.1, 0.15) is 16.7 Å². The number of fused-ring (bicyclic) bond motifs is 5. The number of anilines is 1. The number of H-pyrrole nitrogens is 1. The number of rotatable bonds is 5. The SMILES string of the molecule is COc1ccccc1CN1C(=O)[C@@H]2[C@H](Cc3c[nH]c4ccccc34)N[C@]3(C(=O)Nc4ccccc43)[C@@H]2C1=O. The van der Waals surface area contributed by atoms with Crippen molar-refractivity contribution in [1.29, 1.82) is 0 Å². The Labute approximate surface area is 219 Å². The number of carbonyl (C=O) groups excluding carboxylic acids is 3. The Morgan fingerprint density at radius 1 is 0.895 bits per heavy atom. The molecule has 3 aliphatic rings. The number of ether oxygens (including phenoxy) is 1. The topological polar surface area (TPSA) is 104 Å². The summed E-state index contributed by atoms with van der Waals surface area (Å²) in [6, 6.07) is 22.3. The number of para-hydroxylation sites is 3. The molecule has 3 aromatic carbocycles. The fourth-order valence-electron chi connectivity index (χ4n) is 6.69. The van der Waals surface area contributed by atoms with Gasteiger partial charge in [-0.15, -0.1) is 0 Å². The summed E-state index contributed by atoms with van der Waals surface area (Å²) in [5.74, 6) is -1.84. The number of imide groups is 1. The summed E-state index contributed by atoms with van der Waals surface area (Å²) in [7, 11) is 1.57. The maximum Gasteiger partial charge on any atom is 0.250 e. The zero-order chi connectivity index (χ0) is 26.0. The summed E-state index contributed by atoms with van der Waals surface area (Å²) < 4.78 is 5.48. The van der Waals surface area contributed by atoms with Gasteiger partial charge in [0.1, 0.15) is 11.3 Å². The molecule has 2 fully saturated rings. The summed E-state index contributed by atoms with van der Waals surface area (Å²) in [5.41, 5.74) is 2.83. The lowest BCUT2D eigenvalue weighted by atomic mass is 9.76. The van der Waals surface area contributed by atoms with Crippen molar-refractivity contribution in [2.24, 2.45) is 11.8 Å². The van der Waals surface area contributed by atoms with E-state index in [4.69, 9.17) is 4.74 Å². The second kappa shape index (κ2) is 8.29. The average molecular weight is 507 g/mol. The number of hydrogen-bond donors (Lipinski definition) is 3. The number of hydrogen-bond acceptors (Lipinski definition) is 5. The minimum absolute atomic E-state index is 0.0911. The first kappa shape index (κ1) is 22.7. The van der Waals surface area contributed by atoms with E-state index in [1.54, 1.807) is 7.11 Å².